The molecular formula is C17H20FN3OS. The second-order valence-electron chi connectivity index (χ2n) is 5.84. The van der Waals surface area contributed by atoms with Crippen molar-refractivity contribution in [3.63, 3.8) is 0 Å². The number of nitrogens with zero attached hydrogens (tertiary/aromatic N) is 1. The van der Waals surface area contributed by atoms with Gasteiger partial charge in [-0.3, -0.25) is 4.79 Å². The molecule has 23 heavy (non-hydrogen) atoms. The average molecular weight is 333 g/mol. The van der Waals surface area contributed by atoms with E-state index >= 15 is 0 Å². The van der Waals surface area contributed by atoms with Gasteiger partial charge >= 0.3 is 0 Å². The van der Waals surface area contributed by atoms with Crippen LogP contribution < -0.4 is 10.6 Å². The summed E-state index contributed by atoms with van der Waals surface area (Å²) in [4.78, 5) is 17.4. The van der Waals surface area contributed by atoms with Gasteiger partial charge in [-0.2, -0.15) is 0 Å². The lowest BCUT2D eigenvalue weighted by atomic mass is 10.1. The smallest absolute Gasteiger partial charge is 0.227 e. The maximum absolute atomic E-state index is 13.8. The number of hydrogen-bond acceptors (Lipinski definition) is 4. The molecule has 0 aliphatic carbocycles. The van der Waals surface area contributed by atoms with Crippen LogP contribution in [0.3, 0.4) is 0 Å². The number of hydrogen-bond donors (Lipinski definition) is 2. The summed E-state index contributed by atoms with van der Waals surface area (Å²) in [5, 5.41) is 6.77. The highest BCUT2D eigenvalue weighted by Crippen LogP contribution is 2.26. The molecule has 0 bridgehead atoms. The largest absolute Gasteiger partial charge is 0.313 e. The van der Waals surface area contributed by atoms with Crippen molar-refractivity contribution in [1.29, 1.82) is 0 Å². The molecule has 2 aromatic rings. The van der Waals surface area contributed by atoms with Crippen molar-refractivity contribution in [1.82, 2.24) is 10.3 Å². The van der Waals surface area contributed by atoms with Gasteiger partial charge < -0.3 is 10.6 Å². The Kier molecular flexibility index (Phi) is 5.03. The van der Waals surface area contributed by atoms with Crippen molar-refractivity contribution in [2.45, 2.75) is 38.6 Å². The second-order valence-corrected chi connectivity index (χ2v) is 6.92. The minimum Gasteiger partial charge on any atom is -0.313 e. The van der Waals surface area contributed by atoms with Crippen molar-refractivity contribution >= 4 is 22.4 Å². The third-order valence-corrected chi connectivity index (χ3v) is 5.11. The minimum atomic E-state index is -0.210. The van der Waals surface area contributed by atoms with Crippen LogP contribution in [0.5, 0.6) is 0 Å². The van der Waals surface area contributed by atoms with Crippen molar-refractivity contribution < 1.29 is 9.18 Å². The van der Waals surface area contributed by atoms with Crippen LogP contribution in [-0.4, -0.2) is 23.5 Å². The van der Waals surface area contributed by atoms with E-state index in [4.69, 9.17) is 0 Å². The topological polar surface area (TPSA) is 54.0 Å². The zero-order valence-corrected chi connectivity index (χ0v) is 13.9. The SMILES string of the molecule is Cc1nc(NC(=O)CC2CCCN2)sc1Cc1ccccc1F. The summed E-state index contributed by atoms with van der Waals surface area (Å²) in [6.07, 6.45) is 3.14. The van der Waals surface area contributed by atoms with Crippen LogP contribution in [0.2, 0.25) is 0 Å². The molecule has 1 fully saturated rings. The fourth-order valence-electron chi connectivity index (χ4n) is 2.79. The molecule has 0 saturated carbocycles. The summed E-state index contributed by atoms with van der Waals surface area (Å²) in [7, 11) is 0. The third-order valence-electron chi connectivity index (χ3n) is 4.04. The minimum absolute atomic E-state index is 0.0180. The molecule has 1 aromatic carbocycles. The molecule has 1 aromatic heterocycles. The molecule has 1 aliphatic heterocycles. The molecular weight excluding hydrogens is 313 g/mol. The number of benzene rings is 1. The van der Waals surface area contributed by atoms with Gasteiger partial charge in [-0.1, -0.05) is 18.2 Å². The van der Waals surface area contributed by atoms with E-state index in [2.05, 4.69) is 15.6 Å². The Bertz CT molecular complexity index is 695. The zero-order valence-electron chi connectivity index (χ0n) is 13.1. The number of halogens is 1. The van der Waals surface area contributed by atoms with E-state index in [0.29, 0.717) is 23.5 Å². The molecule has 0 spiro atoms. The Morgan fingerprint density at radius 2 is 2.30 bits per heavy atom. The van der Waals surface area contributed by atoms with Gasteiger partial charge in [-0.25, -0.2) is 9.37 Å². The molecule has 0 radical (unpaired) electrons. The number of rotatable bonds is 5. The standard InChI is InChI=1S/C17H20FN3OS/c1-11-15(9-12-5-2-3-7-14(12)18)23-17(20-11)21-16(22)10-13-6-4-8-19-13/h2-3,5,7,13,19H,4,6,8-10H2,1H3,(H,20,21,22). The van der Waals surface area contributed by atoms with Gasteiger partial charge in [-0.15, -0.1) is 11.3 Å². The molecule has 1 amide bonds. The Morgan fingerprint density at radius 1 is 1.48 bits per heavy atom. The van der Waals surface area contributed by atoms with Crippen LogP contribution in [0, 0.1) is 12.7 Å². The molecule has 6 heteroatoms. The van der Waals surface area contributed by atoms with Crippen LogP contribution in [0.4, 0.5) is 9.52 Å². The van der Waals surface area contributed by atoms with Gasteiger partial charge in [0.15, 0.2) is 5.13 Å². The van der Waals surface area contributed by atoms with Gasteiger partial charge in [0.2, 0.25) is 5.91 Å². The van der Waals surface area contributed by atoms with Crippen molar-refractivity contribution in [2.24, 2.45) is 0 Å². The summed E-state index contributed by atoms with van der Waals surface area (Å²) in [6.45, 7) is 2.88. The van der Waals surface area contributed by atoms with E-state index in [-0.39, 0.29) is 17.8 Å². The summed E-state index contributed by atoms with van der Waals surface area (Å²) in [6, 6.07) is 7.02. The monoisotopic (exact) mass is 333 g/mol. The van der Waals surface area contributed by atoms with Crippen LogP contribution in [0.25, 0.3) is 0 Å². The lowest BCUT2D eigenvalue weighted by Gasteiger charge is -2.08. The highest BCUT2D eigenvalue weighted by molar-refractivity contribution is 7.15. The highest BCUT2D eigenvalue weighted by atomic mass is 32.1. The third kappa shape index (κ3) is 4.14. The number of aromatic nitrogens is 1. The van der Waals surface area contributed by atoms with Crippen molar-refractivity contribution in [3.8, 4) is 0 Å². The molecule has 1 aliphatic rings. The number of anilines is 1. The van der Waals surface area contributed by atoms with Crippen molar-refractivity contribution in [3.05, 3.63) is 46.2 Å². The van der Waals surface area contributed by atoms with Crippen LogP contribution >= 0.6 is 11.3 Å². The van der Waals surface area contributed by atoms with Gasteiger partial charge in [0, 0.05) is 23.8 Å². The van der Waals surface area contributed by atoms with E-state index in [9.17, 15) is 9.18 Å². The molecule has 2 N–H and O–H groups in total. The Morgan fingerprint density at radius 3 is 3.04 bits per heavy atom. The molecule has 1 unspecified atom stereocenters. The maximum Gasteiger partial charge on any atom is 0.227 e. The van der Waals surface area contributed by atoms with Gasteiger partial charge in [0.25, 0.3) is 0 Å². The lowest BCUT2D eigenvalue weighted by Crippen LogP contribution is -2.27. The fourth-order valence-corrected chi connectivity index (χ4v) is 3.79. The Balaban J connectivity index is 1.63. The molecule has 1 atom stereocenters. The molecule has 2 heterocycles. The number of thiazole rings is 1. The lowest BCUT2D eigenvalue weighted by molar-refractivity contribution is -0.116. The molecule has 3 rings (SSSR count). The number of nitrogens with one attached hydrogen (secondary N) is 2. The van der Waals surface area contributed by atoms with Crippen molar-refractivity contribution in [2.75, 3.05) is 11.9 Å². The van der Waals surface area contributed by atoms with Crippen LogP contribution in [0.1, 0.15) is 35.4 Å². The quantitative estimate of drug-likeness (QED) is 0.883. The Labute approximate surface area is 139 Å². The Hall–Kier alpha value is -1.79. The first-order valence-electron chi connectivity index (χ1n) is 7.85. The summed E-state index contributed by atoms with van der Waals surface area (Å²) >= 11 is 1.42. The van der Waals surface area contributed by atoms with Crippen LogP contribution in [-0.2, 0) is 11.2 Å². The first-order valence-corrected chi connectivity index (χ1v) is 8.66. The van der Waals surface area contributed by atoms with E-state index in [0.717, 1.165) is 30.0 Å². The van der Waals surface area contributed by atoms with Gasteiger partial charge in [0.05, 0.1) is 5.69 Å². The first kappa shape index (κ1) is 16.1. The molecule has 1 saturated heterocycles. The molecule has 122 valence electrons. The number of aryl methyl sites for hydroxylation is 1. The van der Waals surface area contributed by atoms with E-state index in [1.807, 2.05) is 13.0 Å². The van der Waals surface area contributed by atoms with E-state index in [1.165, 1.54) is 17.4 Å². The second kappa shape index (κ2) is 7.19. The zero-order chi connectivity index (χ0) is 16.2. The summed E-state index contributed by atoms with van der Waals surface area (Å²) < 4.78 is 13.8. The predicted molar refractivity (Wildman–Crippen MR) is 90.3 cm³/mol. The number of amides is 1. The van der Waals surface area contributed by atoms with Gasteiger partial charge in [-0.05, 0) is 37.9 Å². The fraction of sp³-hybridized carbons (Fsp3) is 0.412. The van der Waals surface area contributed by atoms with E-state index < -0.39 is 0 Å². The normalized spacial score (nSPS) is 17.4. The summed E-state index contributed by atoms with van der Waals surface area (Å²) in [5.74, 6) is -0.228. The first-order chi connectivity index (χ1) is 11.1. The average Bonchev–Trinajstić information content (AvgIpc) is 3.12. The van der Waals surface area contributed by atoms with Gasteiger partial charge in [0.1, 0.15) is 5.82 Å². The van der Waals surface area contributed by atoms with E-state index in [1.54, 1.807) is 12.1 Å². The molecule has 4 nitrogen and oxygen atoms in total. The summed E-state index contributed by atoms with van der Waals surface area (Å²) in [5.41, 5.74) is 1.49. The highest BCUT2D eigenvalue weighted by Gasteiger charge is 2.19. The predicted octanol–water partition coefficient (Wildman–Crippen LogP) is 3.26. The maximum atomic E-state index is 13.8. The number of carbonyl (C=O) groups is 1. The van der Waals surface area contributed by atoms with Crippen LogP contribution in [0.15, 0.2) is 24.3 Å². The number of carbonyl (C=O) groups excluding carboxylic acids is 1.